The summed E-state index contributed by atoms with van der Waals surface area (Å²) < 4.78 is 48.1. The monoisotopic (exact) mass is 543 g/mol. The molecule has 0 saturated heterocycles. The molecule has 0 saturated carbocycles. The topological polar surface area (TPSA) is 73.9 Å². The van der Waals surface area contributed by atoms with Crippen LogP contribution in [-0.4, -0.2) is 29.6 Å². The summed E-state index contributed by atoms with van der Waals surface area (Å²) in [5, 5.41) is 0. The molecule has 2 aromatic carbocycles. The third kappa shape index (κ3) is 5.61. The van der Waals surface area contributed by atoms with E-state index in [1.54, 1.807) is 12.1 Å². The molecule has 1 aliphatic heterocycles. The first-order chi connectivity index (χ1) is 17.4. The van der Waals surface area contributed by atoms with Crippen molar-refractivity contribution in [3.05, 3.63) is 65.4 Å². The lowest BCUT2D eigenvalue weighted by molar-refractivity contribution is 0.174. The van der Waals surface area contributed by atoms with Gasteiger partial charge in [0.25, 0.3) is 8.32 Å². The van der Waals surface area contributed by atoms with Crippen LogP contribution >= 0.6 is 0 Å². The summed E-state index contributed by atoms with van der Waals surface area (Å²) in [5.74, 6) is 2.28. The highest BCUT2D eigenvalue weighted by Gasteiger charge is 2.48. The van der Waals surface area contributed by atoms with Gasteiger partial charge in [-0.3, -0.25) is 0 Å². The van der Waals surface area contributed by atoms with E-state index in [2.05, 4.69) is 46.3 Å². The Morgan fingerprint density at radius 1 is 0.919 bits per heavy atom. The molecule has 1 heterocycles. The smallest absolute Gasteiger partial charge is 0.258 e. The second kappa shape index (κ2) is 10.8. The van der Waals surface area contributed by atoms with Crippen LogP contribution in [0.4, 0.5) is 0 Å². The first-order valence-corrected chi connectivity index (χ1v) is 16.9. The number of sulfonamides is 1. The predicted molar refractivity (Wildman–Crippen MR) is 150 cm³/mol. The van der Waals surface area contributed by atoms with Crippen LogP contribution in [0, 0.1) is 6.92 Å². The highest BCUT2D eigenvalue weighted by Crippen LogP contribution is 2.46. The Labute approximate surface area is 223 Å². The van der Waals surface area contributed by atoms with E-state index in [-0.39, 0.29) is 17.6 Å². The van der Waals surface area contributed by atoms with E-state index in [4.69, 9.17) is 13.9 Å². The van der Waals surface area contributed by atoms with E-state index >= 15 is 0 Å². The van der Waals surface area contributed by atoms with Crippen molar-refractivity contribution in [2.24, 2.45) is 0 Å². The van der Waals surface area contributed by atoms with Crippen molar-refractivity contribution in [3.8, 4) is 11.5 Å². The van der Waals surface area contributed by atoms with Crippen LogP contribution in [-0.2, 0) is 14.4 Å². The number of hydrogen-bond donors (Lipinski definition) is 1. The Morgan fingerprint density at radius 3 is 2.16 bits per heavy atom. The van der Waals surface area contributed by atoms with Crippen molar-refractivity contribution in [3.63, 3.8) is 0 Å². The number of allylic oxidation sites excluding steroid dienone is 1. The summed E-state index contributed by atoms with van der Waals surface area (Å²) in [4.78, 5) is 0.263. The zero-order chi connectivity index (χ0) is 27.0. The summed E-state index contributed by atoms with van der Waals surface area (Å²) in [7, 11) is -5.91. The van der Waals surface area contributed by atoms with Gasteiger partial charge in [-0.05, 0) is 65.9 Å². The van der Waals surface area contributed by atoms with Crippen LogP contribution in [0.15, 0.2) is 59.2 Å². The van der Waals surface area contributed by atoms with E-state index in [0.717, 1.165) is 35.5 Å². The molecule has 202 valence electrons. The average molecular weight is 544 g/mol. The van der Waals surface area contributed by atoms with Crippen LogP contribution < -0.4 is 14.2 Å². The molecule has 37 heavy (non-hydrogen) atoms. The molecular weight excluding hydrogens is 502 g/mol. The standard InChI is InChI=1S/C29H41NO5SSi/c1-19(2)37(20(3)4,21(5)6)35-24-11-14-26(23-10-15-28-29(16-23)34-18-33-28)27(17-24)30-36(31,32)25-12-8-22(7)9-13-25/h8-10,12-13,15-17,19-21,26-27,30H,11,14,18H2,1-7H3/t26-,27+/m1/s1. The molecular formula is C29H41NO5SSi. The van der Waals surface area contributed by atoms with Gasteiger partial charge in [-0.15, -0.1) is 0 Å². The lowest BCUT2D eigenvalue weighted by Crippen LogP contribution is -2.48. The van der Waals surface area contributed by atoms with Gasteiger partial charge in [0.15, 0.2) is 11.5 Å². The van der Waals surface area contributed by atoms with Crippen LogP contribution in [0.5, 0.6) is 11.5 Å². The van der Waals surface area contributed by atoms with Gasteiger partial charge in [0.05, 0.1) is 16.7 Å². The van der Waals surface area contributed by atoms with Gasteiger partial charge in [-0.25, -0.2) is 13.1 Å². The van der Waals surface area contributed by atoms with Gasteiger partial charge in [0.1, 0.15) is 0 Å². The number of hydrogen-bond acceptors (Lipinski definition) is 5. The molecule has 2 aromatic rings. The molecule has 8 heteroatoms. The van der Waals surface area contributed by atoms with Gasteiger partial charge < -0.3 is 13.9 Å². The van der Waals surface area contributed by atoms with Crippen molar-refractivity contribution in [2.45, 2.75) is 94.8 Å². The van der Waals surface area contributed by atoms with Crippen LogP contribution in [0.25, 0.3) is 0 Å². The zero-order valence-electron chi connectivity index (χ0n) is 23.1. The van der Waals surface area contributed by atoms with E-state index < -0.39 is 24.4 Å². The molecule has 6 nitrogen and oxygen atoms in total. The van der Waals surface area contributed by atoms with Crippen LogP contribution in [0.2, 0.25) is 16.6 Å². The molecule has 0 aromatic heterocycles. The van der Waals surface area contributed by atoms with Crippen molar-refractivity contribution in [2.75, 3.05) is 6.79 Å². The molecule has 0 amide bonds. The van der Waals surface area contributed by atoms with Crippen molar-refractivity contribution < 1.29 is 22.3 Å². The first-order valence-electron chi connectivity index (χ1n) is 13.3. The Balaban J connectivity index is 1.72. The molecule has 1 N–H and O–H groups in total. The fourth-order valence-electron chi connectivity index (χ4n) is 6.14. The summed E-state index contributed by atoms with van der Waals surface area (Å²) in [6.45, 7) is 15.8. The van der Waals surface area contributed by atoms with Gasteiger partial charge >= 0.3 is 0 Å². The minimum absolute atomic E-state index is 0.0599. The summed E-state index contributed by atoms with van der Waals surface area (Å²) in [6, 6.07) is 12.4. The van der Waals surface area contributed by atoms with Crippen LogP contribution in [0.1, 0.15) is 71.4 Å². The highest BCUT2D eigenvalue weighted by atomic mass is 32.2. The van der Waals surface area contributed by atoms with Crippen LogP contribution in [0.3, 0.4) is 0 Å². The molecule has 0 bridgehead atoms. The molecule has 4 rings (SSSR count). The van der Waals surface area contributed by atoms with E-state index in [0.29, 0.717) is 22.4 Å². The van der Waals surface area contributed by atoms with Gasteiger partial charge in [0, 0.05) is 12.3 Å². The van der Waals surface area contributed by atoms with E-state index in [1.807, 2.05) is 43.3 Å². The number of benzene rings is 2. The SMILES string of the molecule is Cc1ccc(S(=O)(=O)N[C@H]2C=C(O[Si](C(C)C)(C(C)C)C(C)C)CC[C@@H]2c2ccc3c(c2)OCO3)cc1. The van der Waals surface area contributed by atoms with E-state index in [1.165, 1.54) is 0 Å². The van der Waals surface area contributed by atoms with Gasteiger partial charge in [-0.1, -0.05) is 65.3 Å². The Kier molecular flexibility index (Phi) is 8.12. The average Bonchev–Trinajstić information content (AvgIpc) is 3.30. The molecule has 0 fully saturated rings. The van der Waals surface area contributed by atoms with Crippen molar-refractivity contribution >= 4 is 18.3 Å². The molecule has 2 aliphatic rings. The number of ether oxygens (including phenoxy) is 2. The maximum atomic E-state index is 13.5. The third-order valence-electron chi connectivity index (χ3n) is 7.96. The predicted octanol–water partition coefficient (Wildman–Crippen LogP) is 7.02. The Morgan fingerprint density at radius 2 is 1.54 bits per heavy atom. The maximum absolute atomic E-state index is 13.5. The molecule has 0 spiro atoms. The van der Waals surface area contributed by atoms with Crippen molar-refractivity contribution in [1.82, 2.24) is 4.72 Å². The number of aryl methyl sites for hydroxylation is 1. The minimum Gasteiger partial charge on any atom is -0.546 e. The third-order valence-corrected chi connectivity index (χ3v) is 15.5. The number of nitrogens with one attached hydrogen (secondary N) is 1. The maximum Gasteiger partial charge on any atom is 0.258 e. The molecule has 0 unspecified atom stereocenters. The Hall–Kier alpha value is -2.29. The first kappa shape index (κ1) is 27.7. The minimum atomic E-state index is -3.74. The molecule has 0 radical (unpaired) electrons. The summed E-state index contributed by atoms with van der Waals surface area (Å²) in [6.07, 6.45) is 3.56. The summed E-state index contributed by atoms with van der Waals surface area (Å²) in [5.41, 5.74) is 3.34. The normalized spacial score (nSPS) is 20.0. The lowest BCUT2D eigenvalue weighted by Gasteiger charge is -2.44. The quantitative estimate of drug-likeness (QED) is 0.344. The van der Waals surface area contributed by atoms with Gasteiger partial charge in [-0.2, -0.15) is 0 Å². The largest absolute Gasteiger partial charge is 0.546 e. The second-order valence-electron chi connectivity index (χ2n) is 11.3. The lowest BCUT2D eigenvalue weighted by atomic mass is 9.83. The highest BCUT2D eigenvalue weighted by molar-refractivity contribution is 7.89. The number of fused-ring (bicyclic) bond motifs is 1. The fraction of sp³-hybridized carbons (Fsp3) is 0.517. The zero-order valence-corrected chi connectivity index (χ0v) is 24.9. The number of rotatable bonds is 9. The van der Waals surface area contributed by atoms with Crippen molar-refractivity contribution in [1.29, 1.82) is 0 Å². The summed E-state index contributed by atoms with van der Waals surface area (Å²) >= 11 is 0. The second-order valence-corrected chi connectivity index (χ2v) is 18.4. The Bertz CT molecular complexity index is 1220. The van der Waals surface area contributed by atoms with E-state index in [9.17, 15) is 8.42 Å². The molecule has 1 aliphatic carbocycles. The fourth-order valence-corrected chi connectivity index (χ4v) is 12.7. The molecule has 2 atom stereocenters. The van der Waals surface area contributed by atoms with Gasteiger partial charge in [0.2, 0.25) is 16.8 Å².